The van der Waals surface area contributed by atoms with E-state index in [0.29, 0.717) is 5.56 Å². The number of hydrogen-bond acceptors (Lipinski definition) is 2. The fourth-order valence-electron chi connectivity index (χ4n) is 2.37. The van der Waals surface area contributed by atoms with Crippen LogP contribution >= 0.6 is 15.9 Å². The summed E-state index contributed by atoms with van der Waals surface area (Å²) in [5.74, 6) is 1.54. The molecule has 1 atom stereocenters. The molecule has 0 aromatic heterocycles. The molecule has 0 saturated carbocycles. The maximum atomic E-state index is 10.8. The Kier molecular flexibility index (Phi) is 3.87. The Morgan fingerprint density at radius 2 is 2.24 bits per heavy atom. The molecular formula is C14H18BrNO. The van der Waals surface area contributed by atoms with E-state index in [1.165, 1.54) is 12.1 Å². The van der Waals surface area contributed by atoms with Crippen LogP contribution in [-0.4, -0.2) is 19.4 Å². The average Bonchev–Trinajstić information content (AvgIpc) is 2.78. The predicted octanol–water partition coefficient (Wildman–Crippen LogP) is 3.74. The van der Waals surface area contributed by atoms with Gasteiger partial charge in [0.15, 0.2) is 6.29 Å². The number of carbonyl (C=O) groups excluding carboxylic acids is 1. The summed E-state index contributed by atoms with van der Waals surface area (Å²) in [4.78, 5) is 13.2. The molecule has 1 aromatic carbocycles. The van der Waals surface area contributed by atoms with E-state index in [4.69, 9.17) is 0 Å². The molecule has 1 fully saturated rings. The first-order chi connectivity index (χ1) is 8.11. The van der Waals surface area contributed by atoms with Gasteiger partial charge < -0.3 is 4.90 Å². The fraction of sp³-hybridized carbons (Fsp3) is 0.500. The Hall–Kier alpha value is -0.830. The zero-order chi connectivity index (χ0) is 12.4. The molecule has 1 aromatic rings. The van der Waals surface area contributed by atoms with Gasteiger partial charge in [0.2, 0.25) is 0 Å². The normalized spacial score (nSPS) is 20.0. The summed E-state index contributed by atoms with van der Waals surface area (Å²) in [5.41, 5.74) is 1.93. The molecule has 1 heterocycles. The molecule has 1 unspecified atom stereocenters. The second-order valence-corrected chi connectivity index (χ2v) is 5.92. The highest BCUT2D eigenvalue weighted by atomic mass is 79.9. The molecular weight excluding hydrogens is 278 g/mol. The lowest BCUT2D eigenvalue weighted by molar-refractivity contribution is 0.112. The lowest BCUT2D eigenvalue weighted by Gasteiger charge is -2.20. The highest BCUT2D eigenvalue weighted by Gasteiger charge is 2.25. The van der Waals surface area contributed by atoms with E-state index in [-0.39, 0.29) is 0 Å². The highest BCUT2D eigenvalue weighted by molar-refractivity contribution is 9.10. The van der Waals surface area contributed by atoms with Crippen LogP contribution in [0.4, 0.5) is 5.69 Å². The maximum absolute atomic E-state index is 10.8. The van der Waals surface area contributed by atoms with Crippen molar-refractivity contribution in [3.8, 4) is 0 Å². The fourth-order valence-corrected chi connectivity index (χ4v) is 2.83. The SMILES string of the molecule is CC(C)C1CCN(c2ccc(C=O)c(Br)c2)C1. The third kappa shape index (κ3) is 2.71. The van der Waals surface area contributed by atoms with E-state index in [2.05, 4.69) is 34.7 Å². The second-order valence-electron chi connectivity index (χ2n) is 5.06. The van der Waals surface area contributed by atoms with Crippen molar-refractivity contribution in [1.82, 2.24) is 0 Å². The van der Waals surface area contributed by atoms with E-state index < -0.39 is 0 Å². The third-order valence-corrected chi connectivity index (χ3v) is 4.33. The van der Waals surface area contributed by atoms with E-state index in [9.17, 15) is 4.79 Å². The van der Waals surface area contributed by atoms with Crippen molar-refractivity contribution in [1.29, 1.82) is 0 Å². The molecule has 92 valence electrons. The molecule has 0 bridgehead atoms. The largest absolute Gasteiger partial charge is 0.371 e. The topological polar surface area (TPSA) is 20.3 Å². The minimum atomic E-state index is 0.716. The van der Waals surface area contributed by atoms with Gasteiger partial charge in [-0.3, -0.25) is 4.79 Å². The highest BCUT2D eigenvalue weighted by Crippen LogP contribution is 2.30. The van der Waals surface area contributed by atoms with Crippen molar-refractivity contribution < 1.29 is 4.79 Å². The number of aldehydes is 1. The molecule has 0 aliphatic carbocycles. The Bertz CT molecular complexity index is 417. The third-order valence-electron chi connectivity index (χ3n) is 3.64. The molecule has 2 nitrogen and oxygen atoms in total. The van der Waals surface area contributed by atoms with Gasteiger partial charge >= 0.3 is 0 Å². The first-order valence-electron chi connectivity index (χ1n) is 6.11. The van der Waals surface area contributed by atoms with Crippen LogP contribution in [0.3, 0.4) is 0 Å². The van der Waals surface area contributed by atoms with Crippen molar-refractivity contribution >= 4 is 27.9 Å². The van der Waals surface area contributed by atoms with Crippen LogP contribution in [0.15, 0.2) is 22.7 Å². The number of nitrogens with zero attached hydrogens (tertiary/aromatic N) is 1. The van der Waals surface area contributed by atoms with Gasteiger partial charge in [-0.2, -0.15) is 0 Å². The number of hydrogen-bond donors (Lipinski definition) is 0. The van der Waals surface area contributed by atoms with Crippen LogP contribution in [0.5, 0.6) is 0 Å². The standard InChI is InChI=1S/C14H18BrNO/c1-10(2)11-5-6-16(8-11)13-4-3-12(9-17)14(15)7-13/h3-4,7,9-11H,5-6,8H2,1-2H3. The van der Waals surface area contributed by atoms with Gasteiger partial charge in [0, 0.05) is 28.8 Å². The summed E-state index contributed by atoms with van der Waals surface area (Å²) in [6, 6.07) is 5.97. The predicted molar refractivity (Wildman–Crippen MR) is 74.7 cm³/mol. The number of rotatable bonds is 3. The Morgan fingerprint density at radius 3 is 2.76 bits per heavy atom. The van der Waals surface area contributed by atoms with Gasteiger partial charge in [0.1, 0.15) is 0 Å². The molecule has 3 heteroatoms. The summed E-state index contributed by atoms with van der Waals surface area (Å²) in [5, 5.41) is 0. The van der Waals surface area contributed by atoms with Crippen molar-refractivity contribution in [2.45, 2.75) is 20.3 Å². The zero-order valence-electron chi connectivity index (χ0n) is 10.3. The van der Waals surface area contributed by atoms with Crippen LogP contribution in [0.1, 0.15) is 30.6 Å². The number of carbonyl (C=O) groups is 1. The van der Waals surface area contributed by atoms with E-state index >= 15 is 0 Å². The smallest absolute Gasteiger partial charge is 0.151 e. The van der Waals surface area contributed by atoms with Gasteiger partial charge in [-0.05, 0) is 52.4 Å². The number of halogens is 1. The number of anilines is 1. The van der Waals surface area contributed by atoms with E-state index in [1.54, 1.807) is 0 Å². The summed E-state index contributed by atoms with van der Waals surface area (Å²) in [6.45, 7) is 6.83. The quantitative estimate of drug-likeness (QED) is 0.792. The lowest BCUT2D eigenvalue weighted by atomic mass is 9.95. The molecule has 1 aliphatic rings. The second kappa shape index (κ2) is 5.21. The molecule has 1 aliphatic heterocycles. The molecule has 0 radical (unpaired) electrons. The lowest BCUT2D eigenvalue weighted by Crippen LogP contribution is -2.21. The van der Waals surface area contributed by atoms with Crippen LogP contribution in [0, 0.1) is 11.8 Å². The van der Waals surface area contributed by atoms with Gasteiger partial charge in [0.05, 0.1) is 0 Å². The van der Waals surface area contributed by atoms with E-state index in [1.807, 2.05) is 18.2 Å². The Balaban J connectivity index is 2.14. The molecule has 1 saturated heterocycles. The van der Waals surface area contributed by atoms with Crippen LogP contribution in [0.2, 0.25) is 0 Å². The summed E-state index contributed by atoms with van der Waals surface area (Å²) in [6.07, 6.45) is 2.15. The minimum Gasteiger partial charge on any atom is -0.371 e. The number of benzene rings is 1. The van der Waals surface area contributed by atoms with Crippen molar-refractivity contribution in [3.63, 3.8) is 0 Å². The first kappa shape index (κ1) is 12.6. The molecule has 17 heavy (non-hydrogen) atoms. The van der Waals surface area contributed by atoms with E-state index in [0.717, 1.165) is 35.7 Å². The Labute approximate surface area is 111 Å². The molecule has 0 spiro atoms. The van der Waals surface area contributed by atoms with Gasteiger partial charge in [-0.25, -0.2) is 0 Å². The van der Waals surface area contributed by atoms with Crippen molar-refractivity contribution in [2.75, 3.05) is 18.0 Å². The average molecular weight is 296 g/mol. The van der Waals surface area contributed by atoms with Crippen LogP contribution in [0.25, 0.3) is 0 Å². The molecule has 0 N–H and O–H groups in total. The van der Waals surface area contributed by atoms with Gasteiger partial charge in [-0.1, -0.05) is 13.8 Å². The first-order valence-corrected chi connectivity index (χ1v) is 6.90. The summed E-state index contributed by atoms with van der Waals surface area (Å²) < 4.78 is 0.887. The van der Waals surface area contributed by atoms with Gasteiger partial charge in [0.25, 0.3) is 0 Å². The Morgan fingerprint density at radius 1 is 1.47 bits per heavy atom. The maximum Gasteiger partial charge on any atom is 0.151 e. The zero-order valence-corrected chi connectivity index (χ0v) is 11.9. The summed E-state index contributed by atoms with van der Waals surface area (Å²) in [7, 11) is 0. The molecule has 2 rings (SSSR count). The minimum absolute atomic E-state index is 0.716. The van der Waals surface area contributed by atoms with Crippen LogP contribution < -0.4 is 4.90 Å². The monoisotopic (exact) mass is 295 g/mol. The molecule has 0 amide bonds. The van der Waals surface area contributed by atoms with Gasteiger partial charge in [-0.15, -0.1) is 0 Å². The van der Waals surface area contributed by atoms with Crippen LogP contribution in [-0.2, 0) is 0 Å². The van der Waals surface area contributed by atoms with Crippen molar-refractivity contribution in [3.05, 3.63) is 28.2 Å². The summed E-state index contributed by atoms with van der Waals surface area (Å²) >= 11 is 3.44. The van der Waals surface area contributed by atoms with Crippen molar-refractivity contribution in [2.24, 2.45) is 11.8 Å².